The smallest absolute Gasteiger partial charge is 0.281 e. The number of carbonyl (C=O) groups excluding carboxylic acids is 1. The highest BCUT2D eigenvalue weighted by molar-refractivity contribution is 5.79. The van der Waals surface area contributed by atoms with Crippen LogP contribution in [0.5, 0.6) is 0 Å². The molecule has 0 spiro atoms. The molecule has 5 rings (SSSR count). The number of carbonyl (C=O) groups is 1. The molecule has 8 nitrogen and oxygen atoms in total. The molecule has 1 atom stereocenters. The second-order valence-corrected chi connectivity index (χ2v) is 8.61. The second kappa shape index (κ2) is 7.66. The third-order valence-corrected chi connectivity index (χ3v) is 6.42. The minimum atomic E-state index is -0.271. The number of piperidine rings is 1. The van der Waals surface area contributed by atoms with Gasteiger partial charge in [-0.3, -0.25) is 9.59 Å². The quantitative estimate of drug-likeness (QED) is 0.718. The van der Waals surface area contributed by atoms with E-state index in [4.69, 9.17) is 4.98 Å². The van der Waals surface area contributed by atoms with Crippen LogP contribution in [0.15, 0.2) is 29.1 Å². The molecule has 2 fully saturated rings. The van der Waals surface area contributed by atoms with Crippen molar-refractivity contribution in [3.8, 4) is 0 Å². The van der Waals surface area contributed by atoms with Gasteiger partial charge in [0, 0.05) is 24.9 Å². The zero-order valence-corrected chi connectivity index (χ0v) is 17.2. The summed E-state index contributed by atoms with van der Waals surface area (Å²) in [7, 11) is 0. The molecule has 1 saturated carbocycles. The molecule has 30 heavy (non-hydrogen) atoms. The van der Waals surface area contributed by atoms with Gasteiger partial charge in [0.25, 0.3) is 5.56 Å². The number of H-pyrrole nitrogens is 1. The van der Waals surface area contributed by atoms with Gasteiger partial charge in [-0.25, -0.2) is 9.67 Å². The SMILES string of the molecule is Cc1ccc(Cn2nnc3c(=O)[nH]c(C4CCCN(C(=O)C5CCC5)C4)nc32)cc1. The van der Waals surface area contributed by atoms with Crippen molar-refractivity contribution in [1.29, 1.82) is 0 Å². The fraction of sp³-hybridized carbons (Fsp3) is 0.500. The average Bonchev–Trinajstić information content (AvgIpc) is 3.12. The molecule has 1 aromatic carbocycles. The van der Waals surface area contributed by atoms with Crippen LogP contribution in [0.1, 0.15) is 55.0 Å². The van der Waals surface area contributed by atoms with Crippen molar-refractivity contribution < 1.29 is 4.79 Å². The summed E-state index contributed by atoms with van der Waals surface area (Å²) >= 11 is 0. The number of benzene rings is 1. The highest BCUT2D eigenvalue weighted by Crippen LogP contribution is 2.31. The summed E-state index contributed by atoms with van der Waals surface area (Å²) in [6.45, 7) is 3.96. The Bertz CT molecular complexity index is 1130. The van der Waals surface area contributed by atoms with Crippen molar-refractivity contribution in [2.45, 2.75) is 51.5 Å². The van der Waals surface area contributed by atoms with Gasteiger partial charge in [0.1, 0.15) is 5.82 Å². The van der Waals surface area contributed by atoms with Crippen molar-refractivity contribution >= 4 is 17.1 Å². The maximum Gasteiger partial charge on any atom is 0.281 e. The maximum atomic E-state index is 12.7. The lowest BCUT2D eigenvalue weighted by molar-refractivity contribution is -0.139. The normalized spacial score (nSPS) is 19.8. The summed E-state index contributed by atoms with van der Waals surface area (Å²) in [5.41, 5.74) is 2.75. The Morgan fingerprint density at radius 3 is 2.70 bits per heavy atom. The number of rotatable bonds is 4. The van der Waals surface area contributed by atoms with Crippen molar-refractivity contribution in [1.82, 2.24) is 29.9 Å². The molecule has 1 aliphatic carbocycles. The monoisotopic (exact) mass is 406 g/mol. The molecular weight excluding hydrogens is 380 g/mol. The highest BCUT2D eigenvalue weighted by Gasteiger charge is 2.33. The Morgan fingerprint density at radius 2 is 1.97 bits per heavy atom. The molecule has 1 aliphatic heterocycles. The van der Waals surface area contributed by atoms with E-state index in [1.54, 1.807) is 4.68 Å². The summed E-state index contributed by atoms with van der Waals surface area (Å²) in [5, 5.41) is 8.21. The Labute approximate surface area is 174 Å². The van der Waals surface area contributed by atoms with Gasteiger partial charge in [-0.05, 0) is 38.2 Å². The van der Waals surface area contributed by atoms with Gasteiger partial charge in [0.05, 0.1) is 6.54 Å². The molecule has 1 N–H and O–H groups in total. The fourth-order valence-corrected chi connectivity index (χ4v) is 4.36. The first-order chi connectivity index (χ1) is 14.6. The van der Waals surface area contributed by atoms with Gasteiger partial charge in [0.2, 0.25) is 5.91 Å². The van der Waals surface area contributed by atoms with Crippen molar-refractivity contribution in [2.75, 3.05) is 13.1 Å². The fourth-order valence-electron chi connectivity index (χ4n) is 4.36. The highest BCUT2D eigenvalue weighted by atomic mass is 16.2. The topological polar surface area (TPSA) is 96.8 Å². The number of nitrogens with zero attached hydrogens (tertiary/aromatic N) is 5. The summed E-state index contributed by atoms with van der Waals surface area (Å²) < 4.78 is 1.68. The van der Waals surface area contributed by atoms with Crippen molar-refractivity contribution in [3.05, 3.63) is 51.6 Å². The van der Waals surface area contributed by atoms with Crippen LogP contribution in [-0.2, 0) is 11.3 Å². The third-order valence-electron chi connectivity index (χ3n) is 6.42. The Balaban J connectivity index is 1.42. The van der Waals surface area contributed by atoms with E-state index in [-0.39, 0.29) is 28.8 Å². The Hall–Kier alpha value is -3.03. The van der Waals surface area contributed by atoms with Gasteiger partial charge < -0.3 is 9.88 Å². The molecule has 2 aromatic heterocycles. The first kappa shape index (κ1) is 19.0. The van der Waals surface area contributed by atoms with Gasteiger partial charge in [-0.15, -0.1) is 5.10 Å². The van der Waals surface area contributed by atoms with Crippen LogP contribution in [-0.4, -0.2) is 48.9 Å². The van der Waals surface area contributed by atoms with E-state index in [1.807, 2.05) is 24.0 Å². The zero-order chi connectivity index (χ0) is 20.7. The zero-order valence-electron chi connectivity index (χ0n) is 17.2. The number of aromatic amines is 1. The number of fused-ring (bicyclic) bond motifs is 1. The van der Waals surface area contributed by atoms with Gasteiger partial charge >= 0.3 is 0 Å². The van der Waals surface area contributed by atoms with E-state index in [9.17, 15) is 9.59 Å². The van der Waals surface area contributed by atoms with E-state index in [2.05, 4.69) is 27.4 Å². The summed E-state index contributed by atoms with van der Waals surface area (Å²) in [6.07, 6.45) is 4.99. The van der Waals surface area contributed by atoms with Crippen LogP contribution in [0.3, 0.4) is 0 Å². The van der Waals surface area contributed by atoms with E-state index in [0.29, 0.717) is 24.6 Å². The number of amides is 1. The minimum absolute atomic E-state index is 0.0302. The molecule has 2 aliphatic rings. The number of likely N-dealkylation sites (tertiary alicyclic amines) is 1. The predicted molar refractivity (Wildman–Crippen MR) is 112 cm³/mol. The molecular formula is C22H26N6O2. The second-order valence-electron chi connectivity index (χ2n) is 8.61. The number of hydrogen-bond donors (Lipinski definition) is 1. The molecule has 1 unspecified atom stereocenters. The molecule has 1 amide bonds. The summed E-state index contributed by atoms with van der Waals surface area (Å²) in [5.74, 6) is 1.12. The Morgan fingerprint density at radius 1 is 1.17 bits per heavy atom. The van der Waals surface area contributed by atoms with Crippen LogP contribution in [0, 0.1) is 12.8 Å². The van der Waals surface area contributed by atoms with E-state index < -0.39 is 0 Å². The standard InChI is InChI=1S/C22H26N6O2/c1-14-7-9-15(10-8-14)12-28-20-18(25-26-28)21(29)24-19(23-20)17-6-3-11-27(13-17)22(30)16-4-2-5-16/h7-10,16-17H,2-6,11-13H2,1H3,(H,23,24,29). The maximum absolute atomic E-state index is 12.7. The van der Waals surface area contributed by atoms with E-state index >= 15 is 0 Å². The van der Waals surface area contributed by atoms with E-state index in [1.165, 1.54) is 5.56 Å². The number of nitrogens with one attached hydrogen (secondary N) is 1. The molecule has 8 heteroatoms. The van der Waals surface area contributed by atoms with Crippen LogP contribution < -0.4 is 5.56 Å². The van der Waals surface area contributed by atoms with Crippen molar-refractivity contribution in [3.63, 3.8) is 0 Å². The number of aromatic nitrogens is 5. The van der Waals surface area contributed by atoms with Crippen LogP contribution >= 0.6 is 0 Å². The largest absolute Gasteiger partial charge is 0.342 e. The summed E-state index contributed by atoms with van der Waals surface area (Å²) in [4.78, 5) is 34.9. The molecule has 3 heterocycles. The van der Waals surface area contributed by atoms with Crippen LogP contribution in [0.25, 0.3) is 11.2 Å². The van der Waals surface area contributed by atoms with E-state index in [0.717, 1.165) is 44.2 Å². The number of aryl methyl sites for hydroxylation is 1. The molecule has 0 bridgehead atoms. The first-order valence-corrected chi connectivity index (χ1v) is 10.8. The lowest BCUT2D eigenvalue weighted by Crippen LogP contribution is -2.44. The minimum Gasteiger partial charge on any atom is -0.342 e. The number of hydrogen-bond acceptors (Lipinski definition) is 5. The molecule has 1 saturated heterocycles. The van der Waals surface area contributed by atoms with Gasteiger partial charge in [0.15, 0.2) is 11.2 Å². The van der Waals surface area contributed by atoms with Gasteiger partial charge in [-0.2, -0.15) is 0 Å². The summed E-state index contributed by atoms with van der Waals surface area (Å²) in [6, 6.07) is 8.19. The van der Waals surface area contributed by atoms with Crippen LogP contribution in [0.4, 0.5) is 0 Å². The third kappa shape index (κ3) is 3.51. The van der Waals surface area contributed by atoms with Crippen molar-refractivity contribution in [2.24, 2.45) is 5.92 Å². The lowest BCUT2D eigenvalue weighted by atomic mass is 9.83. The molecule has 3 aromatic rings. The molecule has 0 radical (unpaired) electrons. The predicted octanol–water partition coefficient (Wildman–Crippen LogP) is 2.38. The molecule has 156 valence electrons. The lowest BCUT2D eigenvalue weighted by Gasteiger charge is -2.36. The van der Waals surface area contributed by atoms with Gasteiger partial charge in [-0.1, -0.05) is 41.5 Å². The first-order valence-electron chi connectivity index (χ1n) is 10.8. The van der Waals surface area contributed by atoms with Crippen LogP contribution in [0.2, 0.25) is 0 Å². The average molecular weight is 406 g/mol. The Kier molecular flexibility index (Phi) is 4.84.